The van der Waals surface area contributed by atoms with E-state index in [9.17, 15) is 9.59 Å². The molecule has 2 aliphatic heterocycles. The number of furan rings is 1. The number of likely N-dealkylation sites (N-methyl/N-ethyl adjacent to an activating group) is 1. The van der Waals surface area contributed by atoms with Gasteiger partial charge in [-0.3, -0.25) is 9.59 Å². The van der Waals surface area contributed by atoms with Crippen LogP contribution in [0.4, 0.5) is 0 Å². The number of hydrogen-bond donors (Lipinski definition) is 0. The van der Waals surface area contributed by atoms with Gasteiger partial charge >= 0.3 is 0 Å². The van der Waals surface area contributed by atoms with Crippen LogP contribution in [0.3, 0.4) is 0 Å². The molecule has 3 rings (SSSR count). The summed E-state index contributed by atoms with van der Waals surface area (Å²) in [6.07, 6.45) is 4.47. The average Bonchev–Trinajstić information content (AvgIpc) is 3.13. The lowest BCUT2D eigenvalue weighted by Crippen LogP contribution is -2.64. The van der Waals surface area contributed by atoms with Crippen LogP contribution in [0.2, 0.25) is 0 Å². The first kappa shape index (κ1) is 17.9. The van der Waals surface area contributed by atoms with Gasteiger partial charge in [-0.15, -0.1) is 0 Å². The summed E-state index contributed by atoms with van der Waals surface area (Å²) >= 11 is 0. The molecule has 0 unspecified atom stereocenters. The van der Waals surface area contributed by atoms with Crippen molar-refractivity contribution in [3.8, 4) is 0 Å². The molecular weight excluding hydrogens is 322 g/mol. The summed E-state index contributed by atoms with van der Waals surface area (Å²) in [5, 5.41) is 0. The first-order valence-corrected chi connectivity index (χ1v) is 8.82. The van der Waals surface area contributed by atoms with Crippen molar-refractivity contribution in [2.75, 3.05) is 46.9 Å². The highest BCUT2D eigenvalue weighted by molar-refractivity contribution is 5.93. The zero-order chi connectivity index (χ0) is 18.0. The summed E-state index contributed by atoms with van der Waals surface area (Å²) < 4.78 is 11.0. The van der Waals surface area contributed by atoms with Gasteiger partial charge in [-0.05, 0) is 39.9 Å². The third-order valence-corrected chi connectivity index (χ3v) is 5.49. The Hall–Kier alpha value is -1.86. The molecule has 2 saturated heterocycles. The van der Waals surface area contributed by atoms with Crippen LogP contribution in [0.5, 0.6) is 0 Å². The Morgan fingerprint density at radius 3 is 2.68 bits per heavy atom. The van der Waals surface area contributed by atoms with E-state index in [1.165, 1.54) is 12.5 Å². The second-order valence-electron chi connectivity index (χ2n) is 7.22. The van der Waals surface area contributed by atoms with Crippen molar-refractivity contribution in [1.29, 1.82) is 0 Å². The van der Waals surface area contributed by atoms with Gasteiger partial charge in [0.2, 0.25) is 5.91 Å². The monoisotopic (exact) mass is 349 g/mol. The van der Waals surface area contributed by atoms with Crippen LogP contribution in [0.15, 0.2) is 23.0 Å². The van der Waals surface area contributed by atoms with E-state index in [4.69, 9.17) is 9.15 Å². The summed E-state index contributed by atoms with van der Waals surface area (Å²) in [6.45, 7) is 4.99. The van der Waals surface area contributed by atoms with Crippen molar-refractivity contribution in [2.45, 2.75) is 31.4 Å². The van der Waals surface area contributed by atoms with Gasteiger partial charge in [-0.1, -0.05) is 0 Å². The Morgan fingerprint density at radius 2 is 2.08 bits per heavy atom. The number of hydrogen-bond acceptors (Lipinski definition) is 5. The number of nitrogens with zero attached hydrogens (tertiary/aromatic N) is 3. The average molecular weight is 349 g/mol. The van der Waals surface area contributed by atoms with Gasteiger partial charge in [0.25, 0.3) is 5.91 Å². The maximum Gasteiger partial charge on any atom is 0.257 e. The number of carbonyl (C=O) groups excluding carboxylic acids is 2. The number of amides is 2. The second-order valence-corrected chi connectivity index (χ2v) is 7.22. The number of ether oxygens (including phenoxy) is 1. The van der Waals surface area contributed by atoms with Crippen molar-refractivity contribution in [1.82, 2.24) is 14.7 Å². The predicted octanol–water partition coefficient (Wildman–Crippen LogP) is 1.06. The van der Waals surface area contributed by atoms with E-state index < -0.39 is 0 Å². The molecule has 0 bridgehead atoms. The van der Waals surface area contributed by atoms with E-state index in [-0.39, 0.29) is 30.1 Å². The molecule has 2 aliphatic rings. The van der Waals surface area contributed by atoms with Crippen LogP contribution in [0.25, 0.3) is 0 Å². The molecule has 0 N–H and O–H groups in total. The Morgan fingerprint density at radius 1 is 1.36 bits per heavy atom. The molecular formula is C18H27N3O4. The van der Waals surface area contributed by atoms with Crippen molar-refractivity contribution in [3.05, 3.63) is 24.2 Å². The normalized spacial score (nSPS) is 23.5. The van der Waals surface area contributed by atoms with Crippen LogP contribution >= 0.6 is 0 Å². The summed E-state index contributed by atoms with van der Waals surface area (Å²) in [5.74, 6) is 0.0458. The lowest BCUT2D eigenvalue weighted by molar-refractivity contribution is -0.185. The zero-order valence-electron chi connectivity index (χ0n) is 15.2. The number of piperidine rings is 1. The molecule has 3 heterocycles. The number of likely N-dealkylation sites (tertiary alicyclic amines) is 1. The van der Waals surface area contributed by atoms with Gasteiger partial charge in [0, 0.05) is 26.2 Å². The maximum absolute atomic E-state index is 12.5. The molecule has 0 radical (unpaired) electrons. The third-order valence-electron chi connectivity index (χ3n) is 5.49. The molecule has 1 spiro atoms. The quantitative estimate of drug-likeness (QED) is 0.813. The fourth-order valence-corrected chi connectivity index (χ4v) is 3.75. The van der Waals surface area contributed by atoms with Gasteiger partial charge in [-0.2, -0.15) is 0 Å². The highest BCUT2D eigenvalue weighted by Gasteiger charge is 2.48. The molecule has 138 valence electrons. The van der Waals surface area contributed by atoms with Crippen LogP contribution in [-0.4, -0.2) is 85.0 Å². The molecule has 2 amide bonds. The largest absolute Gasteiger partial charge is 0.472 e. The first-order chi connectivity index (χ1) is 11.9. The van der Waals surface area contributed by atoms with Crippen molar-refractivity contribution < 1.29 is 18.7 Å². The fourth-order valence-electron chi connectivity index (χ4n) is 3.75. The van der Waals surface area contributed by atoms with E-state index in [1.807, 2.05) is 23.9 Å². The van der Waals surface area contributed by atoms with E-state index in [0.717, 1.165) is 19.4 Å². The first-order valence-electron chi connectivity index (χ1n) is 8.82. The Labute approximate surface area is 148 Å². The standard InChI is InChI=1S/C18H27N3O4/c1-14-18(25-13-16(22)21(14)10-9-19(2)3)5-7-20(8-6-18)17(23)15-4-11-24-12-15/h4,11-12,14H,5-10,13H2,1-3H3/t14-/m0/s1. The van der Waals surface area contributed by atoms with Crippen molar-refractivity contribution >= 4 is 11.8 Å². The molecule has 7 heteroatoms. The molecule has 1 aromatic heterocycles. The van der Waals surface area contributed by atoms with E-state index >= 15 is 0 Å². The van der Waals surface area contributed by atoms with E-state index in [1.54, 1.807) is 6.07 Å². The minimum Gasteiger partial charge on any atom is -0.472 e. The minimum atomic E-state index is -0.354. The highest BCUT2D eigenvalue weighted by Crippen LogP contribution is 2.36. The molecule has 0 aromatic carbocycles. The molecule has 1 atom stereocenters. The summed E-state index contributed by atoms with van der Waals surface area (Å²) in [4.78, 5) is 30.6. The molecule has 0 aliphatic carbocycles. The number of carbonyl (C=O) groups is 2. The summed E-state index contributed by atoms with van der Waals surface area (Å²) in [5.41, 5.74) is 0.226. The van der Waals surface area contributed by atoms with Crippen molar-refractivity contribution in [3.63, 3.8) is 0 Å². The zero-order valence-corrected chi connectivity index (χ0v) is 15.2. The number of rotatable bonds is 4. The molecule has 1 aromatic rings. The van der Waals surface area contributed by atoms with Gasteiger partial charge in [0.05, 0.1) is 23.5 Å². The smallest absolute Gasteiger partial charge is 0.257 e. The van der Waals surface area contributed by atoms with Gasteiger partial charge < -0.3 is 23.9 Å². The summed E-state index contributed by atoms with van der Waals surface area (Å²) in [7, 11) is 4.01. The van der Waals surface area contributed by atoms with Gasteiger partial charge in [-0.25, -0.2) is 0 Å². The maximum atomic E-state index is 12.5. The Bertz CT molecular complexity index is 606. The van der Waals surface area contributed by atoms with Crippen LogP contribution in [0, 0.1) is 0 Å². The molecule has 2 fully saturated rings. The fraction of sp³-hybridized carbons (Fsp3) is 0.667. The van der Waals surface area contributed by atoms with Crippen LogP contribution in [0.1, 0.15) is 30.1 Å². The topological polar surface area (TPSA) is 66.2 Å². The molecule has 7 nitrogen and oxygen atoms in total. The predicted molar refractivity (Wildman–Crippen MR) is 92.3 cm³/mol. The third kappa shape index (κ3) is 3.57. The molecule has 0 saturated carbocycles. The van der Waals surface area contributed by atoms with Gasteiger partial charge in [0.15, 0.2) is 0 Å². The Kier molecular flexibility index (Phi) is 5.15. The minimum absolute atomic E-state index is 0.00685. The second kappa shape index (κ2) is 7.17. The van der Waals surface area contributed by atoms with Crippen molar-refractivity contribution in [2.24, 2.45) is 0 Å². The highest BCUT2D eigenvalue weighted by atomic mass is 16.5. The SMILES string of the molecule is C[C@@H]1N(CCN(C)C)C(=O)COC12CCN(C(=O)c1ccoc1)CC2. The van der Waals surface area contributed by atoms with E-state index in [0.29, 0.717) is 25.2 Å². The number of morpholine rings is 1. The van der Waals surface area contributed by atoms with E-state index in [2.05, 4.69) is 11.8 Å². The molecule has 25 heavy (non-hydrogen) atoms. The Balaban J connectivity index is 1.65. The summed E-state index contributed by atoms with van der Waals surface area (Å²) in [6, 6.07) is 1.70. The van der Waals surface area contributed by atoms with Crippen LogP contribution < -0.4 is 0 Å². The lowest BCUT2D eigenvalue weighted by Gasteiger charge is -2.51. The van der Waals surface area contributed by atoms with Gasteiger partial charge in [0.1, 0.15) is 12.9 Å². The van der Waals surface area contributed by atoms with Crippen LogP contribution in [-0.2, 0) is 9.53 Å². The lowest BCUT2D eigenvalue weighted by atomic mass is 9.82.